The van der Waals surface area contributed by atoms with Crippen LogP contribution in [0.15, 0.2) is 52.6 Å². The Balaban J connectivity index is 1.34. The van der Waals surface area contributed by atoms with Crippen molar-refractivity contribution < 1.29 is 31.1 Å². The number of nitrogens with zero attached hydrogens (tertiary/aromatic N) is 4. The predicted molar refractivity (Wildman–Crippen MR) is 135 cm³/mol. The summed E-state index contributed by atoms with van der Waals surface area (Å²) in [5.74, 6) is -1.27. The summed E-state index contributed by atoms with van der Waals surface area (Å²) in [6, 6.07) is 3.71. The molecule has 0 saturated heterocycles. The minimum atomic E-state index is -4.86. The SMILES string of the molecule is O=c1[nH]ncc(N[C@H]2CCCC(Cn3ccc4cc(-c5cnc(OC(F)F)cn5)c(F)cc4c3=O)C2)c1C(F)(F)F. The van der Waals surface area contributed by atoms with E-state index in [4.69, 9.17) is 0 Å². The van der Waals surface area contributed by atoms with Gasteiger partial charge in [0.1, 0.15) is 11.4 Å². The standard InChI is InChI=1S/C26H22F6N6O3/c27-18-8-16-14(7-17(18)19-9-34-21(11-33-19)41-25(28)29)4-5-38(24(16)40)12-13-2-1-3-15(6-13)36-20-10-35-37-23(39)22(20)26(30,31)32/h4-5,7-11,13,15,25H,1-3,6,12H2,(H2,36,37,39)/t13?,15-/m0/s1. The first-order valence-electron chi connectivity index (χ1n) is 12.5. The third kappa shape index (κ3) is 6.18. The molecule has 41 heavy (non-hydrogen) atoms. The number of benzene rings is 1. The summed E-state index contributed by atoms with van der Waals surface area (Å²) in [6.07, 6.45) is 2.05. The summed E-state index contributed by atoms with van der Waals surface area (Å²) in [6.45, 7) is -2.83. The lowest BCUT2D eigenvalue weighted by Gasteiger charge is -2.31. The molecule has 2 N–H and O–H groups in total. The van der Waals surface area contributed by atoms with Crippen molar-refractivity contribution in [3.63, 3.8) is 0 Å². The molecular formula is C26H22F6N6O3. The highest BCUT2D eigenvalue weighted by molar-refractivity contribution is 5.86. The molecule has 0 spiro atoms. The second-order valence-electron chi connectivity index (χ2n) is 9.67. The minimum Gasteiger partial charge on any atom is -0.415 e. The van der Waals surface area contributed by atoms with Crippen molar-refractivity contribution in [2.24, 2.45) is 5.92 Å². The molecule has 0 amide bonds. The summed E-state index contributed by atoms with van der Waals surface area (Å²) in [5.41, 5.74) is -3.46. The van der Waals surface area contributed by atoms with Gasteiger partial charge in [-0.25, -0.2) is 19.5 Å². The molecule has 0 bridgehead atoms. The summed E-state index contributed by atoms with van der Waals surface area (Å²) in [5, 5.41) is 8.61. The number of halogens is 6. The number of H-pyrrole nitrogens is 1. The molecule has 2 atom stereocenters. The fourth-order valence-corrected chi connectivity index (χ4v) is 5.13. The van der Waals surface area contributed by atoms with Gasteiger partial charge in [-0.2, -0.15) is 27.1 Å². The van der Waals surface area contributed by atoms with Gasteiger partial charge >= 0.3 is 12.8 Å². The van der Waals surface area contributed by atoms with E-state index < -0.39 is 46.9 Å². The van der Waals surface area contributed by atoms with Crippen LogP contribution in [0.2, 0.25) is 0 Å². The van der Waals surface area contributed by atoms with E-state index >= 15 is 4.39 Å². The number of nitrogens with one attached hydrogen (secondary N) is 2. The Morgan fingerprint density at radius 3 is 2.63 bits per heavy atom. The normalized spacial score (nSPS) is 17.6. The molecule has 0 radical (unpaired) electrons. The van der Waals surface area contributed by atoms with Crippen LogP contribution in [0, 0.1) is 11.7 Å². The molecule has 9 nitrogen and oxygen atoms in total. The highest BCUT2D eigenvalue weighted by Gasteiger charge is 2.38. The molecule has 1 aliphatic rings. The molecular weight excluding hydrogens is 558 g/mol. The highest BCUT2D eigenvalue weighted by atomic mass is 19.4. The average Bonchev–Trinajstić information content (AvgIpc) is 2.90. The highest BCUT2D eigenvalue weighted by Crippen LogP contribution is 2.34. The second kappa shape index (κ2) is 11.2. The molecule has 1 fully saturated rings. The fraction of sp³-hybridized carbons (Fsp3) is 0.346. The molecule has 3 aromatic heterocycles. The maximum atomic E-state index is 15.0. The number of anilines is 1. The van der Waals surface area contributed by atoms with Gasteiger partial charge in [-0.3, -0.25) is 9.59 Å². The molecule has 1 aliphatic carbocycles. The van der Waals surface area contributed by atoms with Gasteiger partial charge in [-0.1, -0.05) is 6.42 Å². The van der Waals surface area contributed by atoms with Gasteiger partial charge < -0.3 is 14.6 Å². The number of rotatable bonds is 7. The number of aromatic amines is 1. The van der Waals surface area contributed by atoms with Gasteiger partial charge in [0.2, 0.25) is 5.88 Å². The van der Waals surface area contributed by atoms with Crippen molar-refractivity contribution in [3.05, 3.63) is 75.1 Å². The van der Waals surface area contributed by atoms with Crippen molar-refractivity contribution >= 4 is 16.5 Å². The van der Waals surface area contributed by atoms with Gasteiger partial charge in [-0.15, -0.1) is 0 Å². The average molecular weight is 580 g/mol. The van der Waals surface area contributed by atoms with Crippen LogP contribution < -0.4 is 21.2 Å². The molecule has 1 saturated carbocycles. The number of hydrogen-bond acceptors (Lipinski definition) is 7. The van der Waals surface area contributed by atoms with Crippen LogP contribution in [-0.4, -0.2) is 37.4 Å². The zero-order chi connectivity index (χ0) is 29.3. The lowest BCUT2D eigenvalue weighted by molar-refractivity contribution is -0.138. The fourth-order valence-electron chi connectivity index (χ4n) is 5.13. The Kier molecular flexibility index (Phi) is 7.69. The molecule has 3 heterocycles. The van der Waals surface area contributed by atoms with Crippen LogP contribution in [0.1, 0.15) is 31.2 Å². The van der Waals surface area contributed by atoms with Crippen molar-refractivity contribution in [3.8, 4) is 17.1 Å². The quantitative estimate of drug-likeness (QED) is 0.297. The molecule has 1 aromatic carbocycles. The second-order valence-corrected chi connectivity index (χ2v) is 9.67. The Bertz CT molecular complexity index is 1670. The number of pyridine rings is 1. The maximum Gasteiger partial charge on any atom is 0.423 e. The largest absolute Gasteiger partial charge is 0.423 e. The van der Waals surface area contributed by atoms with E-state index in [-0.39, 0.29) is 35.1 Å². The monoisotopic (exact) mass is 580 g/mol. The van der Waals surface area contributed by atoms with Crippen LogP contribution in [0.5, 0.6) is 5.88 Å². The summed E-state index contributed by atoms with van der Waals surface area (Å²) < 4.78 is 85.5. The van der Waals surface area contributed by atoms with Crippen LogP contribution in [0.3, 0.4) is 0 Å². The van der Waals surface area contributed by atoms with Crippen LogP contribution >= 0.6 is 0 Å². The molecule has 15 heteroatoms. The van der Waals surface area contributed by atoms with E-state index in [9.17, 15) is 31.5 Å². The Labute approximate surface area is 227 Å². The topological polar surface area (TPSA) is 115 Å². The van der Waals surface area contributed by atoms with Crippen LogP contribution in [0.4, 0.5) is 32.0 Å². The van der Waals surface area contributed by atoms with E-state index in [1.807, 2.05) is 0 Å². The first-order chi connectivity index (χ1) is 19.5. The van der Waals surface area contributed by atoms with Crippen molar-refractivity contribution in [2.45, 2.75) is 51.1 Å². The van der Waals surface area contributed by atoms with Crippen molar-refractivity contribution in [1.29, 1.82) is 0 Å². The maximum absolute atomic E-state index is 15.0. The molecule has 5 rings (SSSR count). The lowest BCUT2D eigenvalue weighted by Crippen LogP contribution is -2.33. The molecule has 0 aliphatic heterocycles. The van der Waals surface area contributed by atoms with E-state index in [1.54, 1.807) is 17.4 Å². The third-order valence-electron chi connectivity index (χ3n) is 6.92. The third-order valence-corrected chi connectivity index (χ3v) is 6.92. The van der Waals surface area contributed by atoms with Crippen molar-refractivity contribution in [2.75, 3.05) is 5.32 Å². The Morgan fingerprint density at radius 1 is 1.12 bits per heavy atom. The van der Waals surface area contributed by atoms with Gasteiger partial charge in [0, 0.05) is 24.3 Å². The van der Waals surface area contributed by atoms with Crippen molar-refractivity contribution in [1.82, 2.24) is 24.7 Å². The van der Waals surface area contributed by atoms with Gasteiger partial charge in [-0.05, 0) is 48.8 Å². The van der Waals surface area contributed by atoms with Gasteiger partial charge in [0.15, 0.2) is 0 Å². The zero-order valence-electron chi connectivity index (χ0n) is 21.1. The van der Waals surface area contributed by atoms with Gasteiger partial charge in [0.25, 0.3) is 11.1 Å². The van der Waals surface area contributed by atoms with E-state index in [2.05, 4.69) is 25.1 Å². The lowest BCUT2D eigenvalue weighted by atomic mass is 9.85. The predicted octanol–water partition coefficient (Wildman–Crippen LogP) is 4.97. The number of aromatic nitrogens is 5. The molecule has 1 unspecified atom stereocenters. The first kappa shape index (κ1) is 28.1. The van der Waals surface area contributed by atoms with Crippen LogP contribution in [-0.2, 0) is 12.7 Å². The Morgan fingerprint density at radius 2 is 1.93 bits per heavy atom. The minimum absolute atomic E-state index is 0.0133. The van der Waals surface area contributed by atoms with E-state index in [1.165, 1.54) is 10.6 Å². The van der Waals surface area contributed by atoms with E-state index in [0.29, 0.717) is 24.6 Å². The zero-order valence-corrected chi connectivity index (χ0v) is 21.1. The number of hydrogen-bond donors (Lipinski definition) is 2. The summed E-state index contributed by atoms with van der Waals surface area (Å²) >= 11 is 0. The summed E-state index contributed by atoms with van der Waals surface area (Å²) in [4.78, 5) is 32.6. The summed E-state index contributed by atoms with van der Waals surface area (Å²) in [7, 11) is 0. The first-order valence-corrected chi connectivity index (χ1v) is 12.5. The molecule has 4 aromatic rings. The Hall–Kier alpha value is -4.43. The smallest absolute Gasteiger partial charge is 0.415 e. The van der Waals surface area contributed by atoms with Gasteiger partial charge in [0.05, 0.1) is 35.4 Å². The number of ether oxygens (including phenoxy) is 1. The number of alkyl halides is 5. The molecule has 216 valence electrons. The number of fused-ring (bicyclic) bond motifs is 1. The van der Waals surface area contributed by atoms with Crippen LogP contribution in [0.25, 0.3) is 22.0 Å². The van der Waals surface area contributed by atoms with E-state index in [0.717, 1.165) is 31.1 Å².